The van der Waals surface area contributed by atoms with E-state index < -0.39 is 70.2 Å². The highest BCUT2D eigenvalue weighted by molar-refractivity contribution is 9.10. The van der Waals surface area contributed by atoms with Crippen LogP contribution in [0.4, 0.5) is 8.78 Å². The van der Waals surface area contributed by atoms with E-state index in [1.54, 1.807) is 58.1 Å². The molecule has 0 fully saturated rings. The van der Waals surface area contributed by atoms with Gasteiger partial charge in [-0.3, -0.25) is 18.7 Å². The van der Waals surface area contributed by atoms with Crippen LogP contribution in [0.1, 0.15) is 136 Å². The summed E-state index contributed by atoms with van der Waals surface area (Å²) >= 11 is 3.47. The number of rotatable bonds is 30. The Labute approximate surface area is 518 Å². The van der Waals surface area contributed by atoms with E-state index in [4.69, 9.17) is 34.7 Å². The zero-order chi connectivity index (χ0) is 64.4. The lowest BCUT2D eigenvalue weighted by atomic mass is 9.96. The van der Waals surface area contributed by atoms with Crippen molar-refractivity contribution in [1.29, 1.82) is 0 Å². The summed E-state index contributed by atoms with van der Waals surface area (Å²) in [5, 5.41) is 60.4. The highest BCUT2D eigenvalue weighted by atomic mass is 79.9. The number of hydrogen-bond donors (Lipinski definition) is 6. The summed E-state index contributed by atoms with van der Waals surface area (Å²) in [5.74, 6) is 5.65. The SMILES string of the molecule is C#CCCCP(=O)(OCC)OCC.CC(C)n1c(/C=C/[C@@H](O)C[C@@H](O)CC(=O)O)c(-c2ccc(F)cc2Br)c2ccccc21.CCOP(=O)(CCCC#Cc1cc(F)ccc1-c1c(/C=C/[C@@H](O)C[C@@H](O)CC(=O)O)n(C(C)C)c2ccccc12)OCC. The highest BCUT2D eigenvalue weighted by Gasteiger charge is 2.26. The summed E-state index contributed by atoms with van der Waals surface area (Å²) in [7, 11) is -6.02. The number of carbonyl (C=O) groups is 2. The Balaban J connectivity index is 0.000000319. The van der Waals surface area contributed by atoms with E-state index in [-0.39, 0.29) is 50.1 Å². The largest absolute Gasteiger partial charge is 0.481 e. The average molecular weight is 1310 g/mol. The number of aliphatic hydroxyl groups is 4. The van der Waals surface area contributed by atoms with E-state index in [1.807, 2.05) is 62.4 Å². The van der Waals surface area contributed by atoms with Crippen LogP contribution < -0.4 is 0 Å². The van der Waals surface area contributed by atoms with E-state index in [1.165, 1.54) is 30.3 Å². The average Bonchev–Trinajstić information content (AvgIpc) is 2.57. The second-order valence-corrected chi connectivity index (χ2v) is 25.9. The van der Waals surface area contributed by atoms with Crippen LogP contribution in [-0.2, 0) is 36.8 Å². The van der Waals surface area contributed by atoms with E-state index in [0.29, 0.717) is 60.7 Å². The van der Waals surface area contributed by atoms with Crippen LogP contribution in [0.2, 0.25) is 0 Å². The molecule has 0 aliphatic heterocycles. The third-order valence-corrected chi connectivity index (χ3v) is 18.2. The van der Waals surface area contributed by atoms with Gasteiger partial charge >= 0.3 is 27.1 Å². The fourth-order valence-corrected chi connectivity index (χ4v) is 13.7. The summed E-state index contributed by atoms with van der Waals surface area (Å²) in [5.41, 5.74) is 7.24. The molecule has 0 saturated heterocycles. The number of carboxylic acid groups (broad SMARTS) is 2. The van der Waals surface area contributed by atoms with Crippen LogP contribution in [-0.4, -0.2) is 115 Å². The van der Waals surface area contributed by atoms with Gasteiger partial charge in [-0.15, -0.1) is 12.3 Å². The van der Waals surface area contributed by atoms with Gasteiger partial charge in [0.1, 0.15) is 11.6 Å². The number of unbranched alkanes of at least 4 members (excludes halogenated alkanes) is 2. The van der Waals surface area contributed by atoms with Gasteiger partial charge in [-0.25, -0.2) is 8.78 Å². The van der Waals surface area contributed by atoms with Crippen molar-refractivity contribution >= 4 is 77.0 Å². The van der Waals surface area contributed by atoms with Crippen LogP contribution in [0, 0.1) is 35.8 Å². The first kappa shape index (κ1) is 73.4. The Morgan fingerprint density at radius 2 is 1.02 bits per heavy atom. The van der Waals surface area contributed by atoms with Gasteiger partial charge < -0.3 is 57.9 Å². The van der Waals surface area contributed by atoms with Gasteiger partial charge in [-0.2, -0.15) is 0 Å². The quantitative estimate of drug-likeness (QED) is 0.0140. The number of aliphatic hydroxyl groups excluding tert-OH is 4. The molecular formula is C66H83BrF2N2O14P2. The molecule has 6 N–H and O–H groups in total. The highest BCUT2D eigenvalue weighted by Crippen LogP contribution is 2.50. The number of nitrogens with zero attached hydrogens (tertiary/aromatic N) is 2. The molecule has 0 aliphatic carbocycles. The lowest BCUT2D eigenvalue weighted by Gasteiger charge is -2.16. The number of aromatic nitrogens is 2. The van der Waals surface area contributed by atoms with Crippen molar-refractivity contribution in [3.63, 3.8) is 0 Å². The predicted molar refractivity (Wildman–Crippen MR) is 345 cm³/mol. The molecule has 0 radical (unpaired) electrons. The van der Waals surface area contributed by atoms with Crippen LogP contribution in [0.15, 0.2) is 102 Å². The molecule has 0 bridgehead atoms. The topological polar surface area (TPSA) is 236 Å². The van der Waals surface area contributed by atoms with E-state index in [2.05, 4.69) is 56.7 Å². The maximum absolute atomic E-state index is 14.5. The molecule has 6 aromatic rings. The minimum atomic E-state index is -3.17. The zero-order valence-corrected chi connectivity index (χ0v) is 54.1. The molecule has 6 rings (SSSR count). The lowest BCUT2D eigenvalue weighted by molar-refractivity contribution is -0.140. The monoisotopic (exact) mass is 1310 g/mol. The molecule has 472 valence electrons. The molecular weight excluding hydrogens is 1220 g/mol. The van der Waals surface area contributed by atoms with Gasteiger partial charge in [-0.1, -0.05) is 88.5 Å². The first-order chi connectivity index (χ1) is 41.4. The molecule has 4 aromatic carbocycles. The van der Waals surface area contributed by atoms with E-state index in [9.17, 15) is 47.9 Å². The number of halogens is 3. The van der Waals surface area contributed by atoms with Crippen LogP contribution in [0.5, 0.6) is 0 Å². The summed E-state index contributed by atoms with van der Waals surface area (Å²) in [6.07, 6.45) is 9.02. The summed E-state index contributed by atoms with van der Waals surface area (Å²) in [4.78, 5) is 21.7. The summed E-state index contributed by atoms with van der Waals surface area (Å²) in [6, 6.07) is 24.9. The molecule has 0 saturated carbocycles. The first-order valence-corrected chi connectivity index (χ1v) is 33.3. The molecule has 2 aromatic heterocycles. The number of carboxylic acids is 2. The van der Waals surface area contributed by atoms with Crippen molar-refractivity contribution in [2.75, 3.05) is 38.8 Å². The normalized spacial score (nSPS) is 13.2. The van der Waals surface area contributed by atoms with Gasteiger partial charge in [0.05, 0.1) is 76.0 Å². The van der Waals surface area contributed by atoms with Crippen molar-refractivity contribution in [2.24, 2.45) is 0 Å². The number of benzene rings is 4. The van der Waals surface area contributed by atoms with Gasteiger partial charge in [-0.05, 0) is 122 Å². The van der Waals surface area contributed by atoms with Crippen LogP contribution in [0.3, 0.4) is 0 Å². The van der Waals surface area contributed by atoms with Crippen molar-refractivity contribution in [3.8, 4) is 46.4 Å². The first-order valence-electron chi connectivity index (χ1n) is 29.1. The second-order valence-electron chi connectivity index (χ2n) is 20.7. The molecule has 21 heteroatoms. The molecule has 4 atom stereocenters. The molecule has 87 heavy (non-hydrogen) atoms. The fraction of sp³-hybridized carbons (Fsp3) is 0.424. The van der Waals surface area contributed by atoms with Crippen molar-refractivity contribution in [2.45, 2.75) is 143 Å². The van der Waals surface area contributed by atoms with Gasteiger partial charge in [0.15, 0.2) is 0 Å². The number of hydrogen-bond acceptors (Lipinski definition) is 12. The van der Waals surface area contributed by atoms with Crippen LogP contribution >= 0.6 is 31.1 Å². The van der Waals surface area contributed by atoms with Gasteiger partial charge in [0.2, 0.25) is 0 Å². The standard InChI is InChI=1S/C33H41FNO7P.C24H25BrFNO4.C9H17O3P/c1-5-41-43(40,42-6-2)19-11-7-8-12-24-20-25(34)15-17-28(24)33-29-13-9-10-14-30(29)35(23(3)4)31(33)18-16-26(36)21-27(37)22-32(38)39;1-14(2)27-21-6-4-3-5-19(21)24(18-9-7-15(26)11-20(18)25)22(27)10-8-16(28)12-17(29)13-23(30)31;1-4-7-8-9-13(10,11-5-2)12-6-3/h9-10,13-18,20,23,26-27,36-37H,5-7,11,19,21-22H2,1-4H3,(H,38,39);3-11,14,16-17,28-29H,12-13H2,1-2H3,(H,30,31);1H,5-9H2,2-3H3/b18-16+;10-8+;/t26-,27-;16-,17-;/m11./s1. The van der Waals surface area contributed by atoms with Crippen molar-refractivity contribution < 1.29 is 76.2 Å². The Morgan fingerprint density at radius 3 is 1.43 bits per heavy atom. The lowest BCUT2D eigenvalue weighted by Crippen LogP contribution is -2.19. The van der Waals surface area contributed by atoms with E-state index in [0.717, 1.165) is 49.9 Å². The maximum atomic E-state index is 14.5. The molecule has 2 heterocycles. The Hall–Kier alpha value is -6.02. The Morgan fingerprint density at radius 1 is 0.621 bits per heavy atom. The minimum absolute atomic E-state index is 0.0226. The van der Waals surface area contributed by atoms with Crippen molar-refractivity contribution in [1.82, 2.24) is 9.13 Å². The third-order valence-electron chi connectivity index (χ3n) is 13.2. The van der Waals surface area contributed by atoms with E-state index >= 15 is 0 Å². The zero-order valence-electron chi connectivity index (χ0n) is 50.7. The number of para-hydroxylation sites is 2. The maximum Gasteiger partial charge on any atom is 0.330 e. The number of aliphatic carboxylic acids is 2. The second kappa shape index (κ2) is 36.5. The molecule has 0 aliphatic rings. The van der Waals surface area contributed by atoms with Gasteiger partial charge in [0, 0.05) is 97.7 Å². The predicted octanol–water partition coefficient (Wildman–Crippen LogP) is 15.1. The smallest absolute Gasteiger partial charge is 0.330 e. The minimum Gasteiger partial charge on any atom is -0.481 e. The molecule has 16 nitrogen and oxygen atoms in total. The summed E-state index contributed by atoms with van der Waals surface area (Å²) in [6.45, 7) is 16.7. The Kier molecular flexibility index (Phi) is 30.8. The third kappa shape index (κ3) is 22.5. The van der Waals surface area contributed by atoms with Crippen molar-refractivity contribution in [3.05, 3.63) is 130 Å². The van der Waals surface area contributed by atoms with Crippen LogP contribution in [0.25, 0.3) is 56.2 Å². The summed E-state index contributed by atoms with van der Waals surface area (Å²) < 4.78 is 78.5. The molecule has 0 spiro atoms. The Bertz CT molecular complexity index is 3470. The molecule has 0 unspecified atom stereocenters. The number of terminal acetylenes is 1. The number of fused-ring (bicyclic) bond motifs is 2. The fourth-order valence-electron chi connectivity index (χ4n) is 9.80. The molecule has 0 amide bonds. The van der Waals surface area contributed by atoms with Gasteiger partial charge in [0.25, 0.3) is 0 Å².